The van der Waals surface area contributed by atoms with E-state index in [0.29, 0.717) is 17.1 Å². The molecular formula is C12H12F3N3O. The van der Waals surface area contributed by atoms with Crippen molar-refractivity contribution in [3.05, 3.63) is 23.4 Å². The molecule has 0 aromatic carbocycles. The maximum absolute atomic E-state index is 12.7. The Balaban J connectivity index is 2.23. The standard InChI is InChI=1S/C12H12F3N3O/c1-8-9(6-16)2-3-10(17-8)18-5-4-11(19,7-18)12(13,14)15/h2-3,19H,4-5,7H2,1H3. The molecule has 2 heterocycles. The molecule has 1 aromatic rings. The Bertz CT molecular complexity index is 538. The summed E-state index contributed by atoms with van der Waals surface area (Å²) >= 11 is 0. The summed E-state index contributed by atoms with van der Waals surface area (Å²) < 4.78 is 38.1. The Labute approximate surface area is 108 Å². The van der Waals surface area contributed by atoms with Crippen LogP contribution in [0.25, 0.3) is 0 Å². The van der Waals surface area contributed by atoms with Crippen LogP contribution in [0.3, 0.4) is 0 Å². The molecule has 102 valence electrons. The van der Waals surface area contributed by atoms with Crippen LogP contribution in [0.15, 0.2) is 12.1 Å². The third-order valence-corrected chi connectivity index (χ3v) is 3.29. The maximum atomic E-state index is 12.7. The second-order valence-corrected chi connectivity index (χ2v) is 4.62. The van der Waals surface area contributed by atoms with Crippen LogP contribution in [0.1, 0.15) is 17.7 Å². The predicted octanol–water partition coefficient (Wildman–Crippen LogP) is 1.77. The molecule has 0 amide bonds. The highest BCUT2D eigenvalue weighted by Gasteiger charge is 2.57. The van der Waals surface area contributed by atoms with Crippen molar-refractivity contribution in [2.75, 3.05) is 18.0 Å². The minimum atomic E-state index is -4.65. The Morgan fingerprint density at radius 2 is 2.16 bits per heavy atom. The normalized spacial score (nSPS) is 23.5. The second kappa shape index (κ2) is 4.38. The van der Waals surface area contributed by atoms with Gasteiger partial charge in [-0.05, 0) is 19.1 Å². The largest absolute Gasteiger partial charge is 0.418 e. The Hall–Kier alpha value is -1.81. The molecule has 1 N–H and O–H groups in total. The maximum Gasteiger partial charge on any atom is 0.418 e. The number of aliphatic hydroxyl groups is 1. The zero-order chi connectivity index (χ0) is 14.3. The highest BCUT2D eigenvalue weighted by molar-refractivity contribution is 5.46. The number of halogens is 3. The first-order valence-electron chi connectivity index (χ1n) is 5.69. The van der Waals surface area contributed by atoms with E-state index in [-0.39, 0.29) is 13.0 Å². The predicted molar refractivity (Wildman–Crippen MR) is 61.5 cm³/mol. The van der Waals surface area contributed by atoms with Gasteiger partial charge in [0, 0.05) is 13.0 Å². The lowest BCUT2D eigenvalue weighted by atomic mass is 10.0. The molecule has 1 aliphatic rings. The minimum Gasteiger partial charge on any atom is -0.379 e. The van der Waals surface area contributed by atoms with Gasteiger partial charge < -0.3 is 10.0 Å². The lowest BCUT2D eigenvalue weighted by Gasteiger charge is -2.26. The summed E-state index contributed by atoms with van der Waals surface area (Å²) in [5.74, 6) is 0.344. The third-order valence-electron chi connectivity index (χ3n) is 3.29. The monoisotopic (exact) mass is 271 g/mol. The van der Waals surface area contributed by atoms with Crippen LogP contribution in [0, 0.1) is 18.3 Å². The van der Waals surface area contributed by atoms with Gasteiger partial charge in [0.2, 0.25) is 0 Å². The van der Waals surface area contributed by atoms with Gasteiger partial charge in [0.15, 0.2) is 5.60 Å². The van der Waals surface area contributed by atoms with Gasteiger partial charge in [-0.25, -0.2) is 4.98 Å². The SMILES string of the molecule is Cc1nc(N2CCC(O)(C(F)(F)F)C2)ccc1C#N. The molecule has 0 spiro atoms. The first-order chi connectivity index (χ1) is 8.77. The molecule has 0 aliphatic carbocycles. The summed E-state index contributed by atoms with van der Waals surface area (Å²) in [6.07, 6.45) is -5.03. The van der Waals surface area contributed by atoms with E-state index in [1.165, 1.54) is 17.0 Å². The number of aryl methyl sites for hydroxylation is 1. The first kappa shape index (κ1) is 13.6. The zero-order valence-corrected chi connectivity index (χ0v) is 10.2. The van der Waals surface area contributed by atoms with Crippen molar-refractivity contribution < 1.29 is 18.3 Å². The average Bonchev–Trinajstić information content (AvgIpc) is 2.72. The van der Waals surface area contributed by atoms with E-state index in [9.17, 15) is 18.3 Å². The molecular weight excluding hydrogens is 259 g/mol. The van der Waals surface area contributed by atoms with Crippen LogP contribution in [-0.4, -0.2) is 35.0 Å². The lowest BCUT2D eigenvalue weighted by Crippen LogP contribution is -2.47. The molecule has 19 heavy (non-hydrogen) atoms. The second-order valence-electron chi connectivity index (χ2n) is 4.62. The summed E-state index contributed by atoms with van der Waals surface area (Å²) in [6.45, 7) is 1.16. The minimum absolute atomic E-state index is 0.0777. The molecule has 2 rings (SSSR count). The summed E-state index contributed by atoms with van der Waals surface area (Å²) in [6, 6.07) is 4.95. The molecule has 1 saturated heterocycles. The van der Waals surface area contributed by atoms with E-state index in [4.69, 9.17) is 5.26 Å². The van der Waals surface area contributed by atoms with Gasteiger partial charge in [0.05, 0.1) is 17.8 Å². The van der Waals surface area contributed by atoms with Gasteiger partial charge in [0.1, 0.15) is 11.9 Å². The van der Waals surface area contributed by atoms with Crippen LogP contribution in [-0.2, 0) is 0 Å². The molecule has 0 saturated carbocycles. The van der Waals surface area contributed by atoms with E-state index >= 15 is 0 Å². The number of nitriles is 1. The fraction of sp³-hybridized carbons (Fsp3) is 0.500. The number of aromatic nitrogens is 1. The number of pyridine rings is 1. The van der Waals surface area contributed by atoms with Crippen molar-refractivity contribution in [1.29, 1.82) is 5.26 Å². The average molecular weight is 271 g/mol. The Kier molecular flexibility index (Phi) is 3.14. The Morgan fingerprint density at radius 3 is 2.63 bits per heavy atom. The topological polar surface area (TPSA) is 60.1 Å². The van der Waals surface area contributed by atoms with E-state index < -0.39 is 18.3 Å². The number of β-amino-alcohol motifs (C(OH)–C–C–N with tert-alkyl or cyclic N) is 1. The number of nitrogens with zero attached hydrogens (tertiary/aromatic N) is 3. The summed E-state index contributed by atoms with van der Waals surface area (Å²) in [5.41, 5.74) is -1.84. The Morgan fingerprint density at radius 1 is 1.47 bits per heavy atom. The molecule has 1 aromatic heterocycles. The van der Waals surface area contributed by atoms with Crippen LogP contribution >= 0.6 is 0 Å². The molecule has 1 fully saturated rings. The van der Waals surface area contributed by atoms with Gasteiger partial charge in [-0.2, -0.15) is 18.4 Å². The summed E-state index contributed by atoms with van der Waals surface area (Å²) in [7, 11) is 0. The van der Waals surface area contributed by atoms with Gasteiger partial charge in [-0.1, -0.05) is 0 Å². The van der Waals surface area contributed by atoms with Gasteiger partial charge in [-0.3, -0.25) is 0 Å². The molecule has 0 bridgehead atoms. The van der Waals surface area contributed by atoms with Gasteiger partial charge in [0.25, 0.3) is 0 Å². The van der Waals surface area contributed by atoms with Gasteiger partial charge in [-0.15, -0.1) is 0 Å². The van der Waals surface area contributed by atoms with Crippen molar-refractivity contribution >= 4 is 5.82 Å². The van der Waals surface area contributed by atoms with Crippen molar-refractivity contribution in [1.82, 2.24) is 4.98 Å². The van der Waals surface area contributed by atoms with E-state index in [2.05, 4.69) is 4.98 Å². The first-order valence-corrected chi connectivity index (χ1v) is 5.69. The van der Waals surface area contributed by atoms with Crippen molar-refractivity contribution in [3.63, 3.8) is 0 Å². The van der Waals surface area contributed by atoms with Crippen LogP contribution in [0.5, 0.6) is 0 Å². The summed E-state index contributed by atoms with van der Waals surface area (Å²) in [4.78, 5) is 5.48. The number of hydrogen-bond donors (Lipinski definition) is 1. The highest BCUT2D eigenvalue weighted by Crippen LogP contribution is 2.38. The van der Waals surface area contributed by atoms with Crippen LogP contribution < -0.4 is 4.90 Å². The highest BCUT2D eigenvalue weighted by atomic mass is 19.4. The molecule has 7 heteroatoms. The third kappa shape index (κ3) is 2.36. The molecule has 0 radical (unpaired) electrons. The number of anilines is 1. The summed E-state index contributed by atoms with van der Waals surface area (Å²) in [5, 5.41) is 18.4. The quantitative estimate of drug-likeness (QED) is 0.845. The number of rotatable bonds is 1. The fourth-order valence-corrected chi connectivity index (χ4v) is 2.06. The molecule has 1 atom stereocenters. The van der Waals surface area contributed by atoms with Crippen LogP contribution in [0.4, 0.5) is 19.0 Å². The van der Waals surface area contributed by atoms with E-state index in [1.807, 2.05) is 6.07 Å². The molecule has 4 nitrogen and oxygen atoms in total. The number of alkyl halides is 3. The van der Waals surface area contributed by atoms with Crippen molar-refractivity contribution in [2.45, 2.75) is 25.1 Å². The van der Waals surface area contributed by atoms with Crippen LogP contribution in [0.2, 0.25) is 0 Å². The van der Waals surface area contributed by atoms with E-state index in [0.717, 1.165) is 0 Å². The lowest BCUT2D eigenvalue weighted by molar-refractivity contribution is -0.250. The molecule has 1 aliphatic heterocycles. The van der Waals surface area contributed by atoms with Crippen molar-refractivity contribution in [3.8, 4) is 6.07 Å². The van der Waals surface area contributed by atoms with Gasteiger partial charge >= 0.3 is 6.18 Å². The number of hydrogen-bond acceptors (Lipinski definition) is 4. The molecule has 1 unspecified atom stereocenters. The van der Waals surface area contributed by atoms with E-state index in [1.54, 1.807) is 6.92 Å². The van der Waals surface area contributed by atoms with Crippen molar-refractivity contribution in [2.24, 2.45) is 0 Å². The zero-order valence-electron chi connectivity index (χ0n) is 10.2. The smallest absolute Gasteiger partial charge is 0.379 e. The fourth-order valence-electron chi connectivity index (χ4n) is 2.06.